The molecule has 0 fully saturated rings. The number of hydrogen-bond acceptors (Lipinski definition) is 0. The lowest BCUT2D eigenvalue weighted by molar-refractivity contribution is 0.668. The second kappa shape index (κ2) is 6.58. The van der Waals surface area contributed by atoms with Crippen LogP contribution in [0.2, 0.25) is 0 Å². The van der Waals surface area contributed by atoms with E-state index in [1.165, 1.54) is 67.2 Å². The molecule has 23 heavy (non-hydrogen) atoms. The van der Waals surface area contributed by atoms with Gasteiger partial charge in [0.1, 0.15) is 0 Å². The lowest BCUT2D eigenvalue weighted by Gasteiger charge is -2.04. The van der Waals surface area contributed by atoms with Crippen molar-refractivity contribution in [2.45, 2.75) is 44.9 Å². The molecule has 0 heterocycles. The minimum absolute atomic E-state index is 1.18. The van der Waals surface area contributed by atoms with Gasteiger partial charge in [0.25, 0.3) is 0 Å². The van der Waals surface area contributed by atoms with Crippen LogP contribution in [0.25, 0.3) is 12.2 Å². The molecule has 4 rings (SSSR count). The number of rotatable bonds is 6. The van der Waals surface area contributed by atoms with Crippen LogP contribution < -0.4 is 0 Å². The third-order valence-corrected chi connectivity index (χ3v) is 5.16. The van der Waals surface area contributed by atoms with Gasteiger partial charge >= 0.3 is 0 Å². The fourth-order valence-electron chi connectivity index (χ4n) is 3.91. The molecule has 116 valence electrons. The molecule has 0 aliphatic heterocycles. The smallest absolute Gasteiger partial charge is 0.00578 e. The lowest BCUT2D eigenvalue weighted by Crippen LogP contribution is -1.88. The summed E-state index contributed by atoms with van der Waals surface area (Å²) < 4.78 is 0. The quantitative estimate of drug-likeness (QED) is 0.556. The molecular formula is C23H24. The summed E-state index contributed by atoms with van der Waals surface area (Å²) in [4.78, 5) is 0. The van der Waals surface area contributed by atoms with Crippen LogP contribution >= 0.6 is 0 Å². The van der Waals surface area contributed by atoms with Gasteiger partial charge in [0, 0.05) is 0 Å². The summed E-state index contributed by atoms with van der Waals surface area (Å²) in [5.74, 6) is 0. The molecule has 0 saturated carbocycles. The van der Waals surface area contributed by atoms with Crippen molar-refractivity contribution in [2.75, 3.05) is 0 Å². The van der Waals surface area contributed by atoms with Gasteiger partial charge in [0.15, 0.2) is 0 Å². The van der Waals surface area contributed by atoms with Crippen LogP contribution in [0.3, 0.4) is 0 Å². The van der Waals surface area contributed by atoms with Crippen LogP contribution in [0.4, 0.5) is 0 Å². The highest BCUT2D eigenvalue weighted by molar-refractivity contribution is 5.64. The largest absolute Gasteiger partial charge is 0.0652 e. The first-order valence-corrected chi connectivity index (χ1v) is 8.93. The Hall–Kier alpha value is -2.08. The summed E-state index contributed by atoms with van der Waals surface area (Å²) in [5, 5.41) is 0. The molecule has 0 atom stereocenters. The Kier molecular flexibility index (Phi) is 4.15. The molecule has 0 saturated heterocycles. The van der Waals surface area contributed by atoms with E-state index in [1.807, 2.05) is 0 Å². The van der Waals surface area contributed by atoms with E-state index >= 15 is 0 Å². The Morgan fingerprint density at radius 1 is 0.565 bits per heavy atom. The van der Waals surface area contributed by atoms with Gasteiger partial charge in [0.2, 0.25) is 0 Å². The molecule has 0 amide bonds. The molecule has 2 aromatic carbocycles. The van der Waals surface area contributed by atoms with Crippen LogP contribution in [-0.4, -0.2) is 0 Å². The molecule has 2 aromatic rings. The molecular weight excluding hydrogens is 276 g/mol. The van der Waals surface area contributed by atoms with Gasteiger partial charge in [-0.15, -0.1) is 0 Å². The first-order valence-electron chi connectivity index (χ1n) is 8.93. The molecule has 0 nitrogen and oxygen atoms in total. The molecule has 0 spiro atoms. The van der Waals surface area contributed by atoms with Gasteiger partial charge in [-0.2, -0.15) is 0 Å². The Morgan fingerprint density at radius 2 is 1.04 bits per heavy atom. The molecule has 0 aromatic heterocycles. The van der Waals surface area contributed by atoms with Crippen molar-refractivity contribution in [2.24, 2.45) is 0 Å². The number of benzene rings is 2. The molecule has 0 bridgehead atoms. The zero-order valence-corrected chi connectivity index (χ0v) is 13.7. The summed E-state index contributed by atoms with van der Waals surface area (Å²) >= 11 is 0. The fraction of sp³-hybridized carbons (Fsp3) is 0.304. The number of allylic oxidation sites excluding steroid dienone is 2. The van der Waals surface area contributed by atoms with Gasteiger partial charge < -0.3 is 0 Å². The summed E-state index contributed by atoms with van der Waals surface area (Å²) in [6.07, 6.45) is 13.7. The molecule has 0 radical (unpaired) electrons. The van der Waals surface area contributed by atoms with E-state index in [0.29, 0.717) is 0 Å². The van der Waals surface area contributed by atoms with Gasteiger partial charge in [-0.05, 0) is 60.8 Å². The van der Waals surface area contributed by atoms with Gasteiger partial charge in [-0.25, -0.2) is 0 Å². The zero-order chi connectivity index (χ0) is 15.5. The lowest BCUT2D eigenvalue weighted by atomic mass is 10.0. The molecule has 2 aliphatic carbocycles. The van der Waals surface area contributed by atoms with Crippen molar-refractivity contribution in [1.29, 1.82) is 0 Å². The molecule has 0 unspecified atom stereocenters. The van der Waals surface area contributed by atoms with Crippen molar-refractivity contribution in [3.8, 4) is 0 Å². The van der Waals surface area contributed by atoms with E-state index in [0.717, 1.165) is 0 Å². The number of unbranched alkanes of at least 4 members (excludes halogenated alkanes) is 2. The normalized spacial score (nSPS) is 15.1. The highest BCUT2D eigenvalue weighted by Crippen LogP contribution is 2.30. The van der Waals surface area contributed by atoms with E-state index in [9.17, 15) is 0 Å². The zero-order valence-electron chi connectivity index (χ0n) is 13.7. The highest BCUT2D eigenvalue weighted by atomic mass is 14.2. The molecule has 0 N–H and O–H groups in total. The Labute approximate surface area is 139 Å². The average Bonchev–Trinajstić information content (AvgIpc) is 3.17. The maximum Gasteiger partial charge on any atom is -0.00578 e. The highest BCUT2D eigenvalue weighted by Gasteiger charge is 2.12. The van der Waals surface area contributed by atoms with Gasteiger partial charge in [-0.3, -0.25) is 0 Å². The van der Waals surface area contributed by atoms with E-state index in [1.54, 1.807) is 11.1 Å². The summed E-state index contributed by atoms with van der Waals surface area (Å²) in [5.41, 5.74) is 9.15. The number of hydrogen-bond donors (Lipinski definition) is 0. The van der Waals surface area contributed by atoms with Crippen molar-refractivity contribution >= 4 is 12.2 Å². The average molecular weight is 300 g/mol. The first kappa shape index (κ1) is 14.5. The van der Waals surface area contributed by atoms with Crippen molar-refractivity contribution in [1.82, 2.24) is 0 Å². The Balaban J connectivity index is 1.19. The Morgan fingerprint density at radius 3 is 1.52 bits per heavy atom. The molecule has 2 aliphatic rings. The van der Waals surface area contributed by atoms with Crippen molar-refractivity contribution in [3.63, 3.8) is 0 Å². The third-order valence-electron chi connectivity index (χ3n) is 5.16. The van der Waals surface area contributed by atoms with E-state index in [-0.39, 0.29) is 0 Å². The predicted octanol–water partition coefficient (Wildman–Crippen LogP) is 6.22. The third kappa shape index (κ3) is 3.32. The predicted molar refractivity (Wildman–Crippen MR) is 99.3 cm³/mol. The van der Waals surface area contributed by atoms with E-state index in [2.05, 4.69) is 60.7 Å². The minimum Gasteiger partial charge on any atom is -0.0652 e. The monoisotopic (exact) mass is 300 g/mol. The second-order valence-electron chi connectivity index (χ2n) is 6.92. The fourth-order valence-corrected chi connectivity index (χ4v) is 3.91. The maximum atomic E-state index is 2.41. The maximum absolute atomic E-state index is 2.41. The van der Waals surface area contributed by atoms with Gasteiger partial charge in [0.05, 0.1) is 0 Å². The number of fused-ring (bicyclic) bond motifs is 2. The van der Waals surface area contributed by atoms with Crippen molar-refractivity contribution < 1.29 is 0 Å². The van der Waals surface area contributed by atoms with Crippen LogP contribution in [0, 0.1) is 0 Å². The summed E-state index contributed by atoms with van der Waals surface area (Å²) in [6, 6.07) is 17.6. The molecule has 0 heteroatoms. The van der Waals surface area contributed by atoms with Crippen LogP contribution in [0.5, 0.6) is 0 Å². The van der Waals surface area contributed by atoms with Crippen molar-refractivity contribution in [3.05, 3.63) is 81.9 Å². The van der Waals surface area contributed by atoms with Gasteiger partial charge in [-0.1, -0.05) is 78.3 Å². The summed E-state index contributed by atoms with van der Waals surface area (Å²) in [6.45, 7) is 0. The standard InChI is InChI=1S/C23H24/c1(2-8-18-14-20-10-4-5-11-21(20)15-18)3-9-19-16-22-12-6-7-13-23(22)17-19/h4-7,10-14,16H,1-3,8-9,15,17H2. The van der Waals surface area contributed by atoms with Crippen LogP contribution in [0.15, 0.2) is 59.7 Å². The summed E-state index contributed by atoms with van der Waals surface area (Å²) in [7, 11) is 0. The Bertz CT molecular complexity index is 696. The van der Waals surface area contributed by atoms with E-state index < -0.39 is 0 Å². The van der Waals surface area contributed by atoms with Crippen LogP contribution in [0.1, 0.15) is 54.4 Å². The van der Waals surface area contributed by atoms with Crippen LogP contribution in [-0.2, 0) is 12.8 Å². The first-order chi connectivity index (χ1) is 11.4. The van der Waals surface area contributed by atoms with E-state index in [4.69, 9.17) is 0 Å². The minimum atomic E-state index is 1.18. The SMILES string of the molecule is C1=C(CCCCCC2=Cc3ccccc3C2)Cc2ccccc21. The second-order valence-corrected chi connectivity index (χ2v) is 6.92. The topological polar surface area (TPSA) is 0 Å².